The van der Waals surface area contributed by atoms with Crippen molar-refractivity contribution in [1.29, 1.82) is 0 Å². The van der Waals surface area contributed by atoms with Gasteiger partial charge in [-0.3, -0.25) is 4.79 Å². The van der Waals surface area contributed by atoms with E-state index in [1.54, 1.807) is 0 Å². The van der Waals surface area contributed by atoms with E-state index in [4.69, 9.17) is 0 Å². The number of ketones is 1. The molecule has 0 amide bonds. The predicted octanol–water partition coefficient (Wildman–Crippen LogP) is 0.982. The molecule has 1 rings (SSSR count). The van der Waals surface area contributed by atoms with Crippen LogP contribution in [0, 0.1) is 11.8 Å². The Morgan fingerprint density at radius 3 is 2.10 bits per heavy atom. The van der Waals surface area contributed by atoms with Crippen molar-refractivity contribution in [3.8, 4) is 0 Å². The Balaban J connectivity index is 2.57. The van der Waals surface area contributed by atoms with Crippen LogP contribution in [-0.2, 0) is 4.79 Å². The molecule has 1 N–H and O–H groups in total. The SMILES string of the molecule is C[C@@H]1CC(=O)C[C@H](C)C1O. The lowest BCUT2D eigenvalue weighted by molar-refractivity contribution is -0.126. The first-order valence-corrected chi connectivity index (χ1v) is 3.81. The molecule has 0 bridgehead atoms. The molecular weight excluding hydrogens is 128 g/mol. The molecule has 1 saturated carbocycles. The van der Waals surface area contributed by atoms with E-state index in [0.717, 1.165) is 0 Å². The number of carbonyl (C=O) groups excluding carboxylic acids is 1. The Morgan fingerprint density at radius 2 is 1.70 bits per heavy atom. The summed E-state index contributed by atoms with van der Waals surface area (Å²) in [4.78, 5) is 10.9. The van der Waals surface area contributed by atoms with Gasteiger partial charge in [-0.2, -0.15) is 0 Å². The van der Waals surface area contributed by atoms with Crippen molar-refractivity contribution in [2.75, 3.05) is 0 Å². The van der Waals surface area contributed by atoms with E-state index in [1.165, 1.54) is 0 Å². The second-order valence-corrected chi connectivity index (χ2v) is 3.39. The maximum atomic E-state index is 10.9. The van der Waals surface area contributed by atoms with Crippen molar-refractivity contribution in [2.24, 2.45) is 11.8 Å². The molecule has 1 aliphatic carbocycles. The summed E-state index contributed by atoms with van der Waals surface area (Å²) in [6.07, 6.45) is 0.856. The summed E-state index contributed by atoms with van der Waals surface area (Å²) in [6, 6.07) is 0. The quantitative estimate of drug-likeness (QED) is 0.547. The highest BCUT2D eigenvalue weighted by Crippen LogP contribution is 2.26. The summed E-state index contributed by atoms with van der Waals surface area (Å²) in [5, 5.41) is 9.41. The Morgan fingerprint density at radius 1 is 1.30 bits per heavy atom. The van der Waals surface area contributed by atoms with Gasteiger partial charge in [0.25, 0.3) is 0 Å². The fourth-order valence-electron chi connectivity index (χ4n) is 1.60. The Kier molecular flexibility index (Phi) is 2.09. The third kappa shape index (κ3) is 1.37. The van der Waals surface area contributed by atoms with Gasteiger partial charge in [0.1, 0.15) is 5.78 Å². The molecule has 0 radical (unpaired) electrons. The van der Waals surface area contributed by atoms with Gasteiger partial charge in [-0.1, -0.05) is 13.8 Å². The van der Waals surface area contributed by atoms with Crippen molar-refractivity contribution >= 4 is 5.78 Å². The minimum atomic E-state index is -0.266. The largest absolute Gasteiger partial charge is 0.393 e. The summed E-state index contributed by atoms with van der Waals surface area (Å²) in [5.74, 6) is 0.623. The van der Waals surface area contributed by atoms with Gasteiger partial charge in [0, 0.05) is 12.8 Å². The lowest BCUT2D eigenvalue weighted by atomic mass is 9.80. The molecule has 1 unspecified atom stereocenters. The summed E-state index contributed by atoms with van der Waals surface area (Å²) in [5.41, 5.74) is 0. The van der Waals surface area contributed by atoms with Gasteiger partial charge in [0.05, 0.1) is 6.10 Å². The van der Waals surface area contributed by atoms with Gasteiger partial charge in [-0.25, -0.2) is 0 Å². The number of rotatable bonds is 0. The first-order chi connectivity index (χ1) is 4.61. The van der Waals surface area contributed by atoms with Crippen LogP contribution in [0.15, 0.2) is 0 Å². The van der Waals surface area contributed by atoms with E-state index in [0.29, 0.717) is 18.6 Å². The molecule has 0 aromatic rings. The van der Waals surface area contributed by atoms with E-state index < -0.39 is 0 Å². The van der Waals surface area contributed by atoms with Crippen molar-refractivity contribution in [2.45, 2.75) is 32.8 Å². The van der Waals surface area contributed by atoms with E-state index in [9.17, 15) is 9.90 Å². The monoisotopic (exact) mass is 142 g/mol. The van der Waals surface area contributed by atoms with Crippen LogP contribution in [0.3, 0.4) is 0 Å². The molecule has 58 valence electrons. The highest BCUT2D eigenvalue weighted by molar-refractivity contribution is 5.79. The van der Waals surface area contributed by atoms with Crippen LogP contribution in [0.2, 0.25) is 0 Å². The van der Waals surface area contributed by atoms with Crippen LogP contribution < -0.4 is 0 Å². The molecule has 0 aromatic carbocycles. The van der Waals surface area contributed by atoms with Crippen LogP contribution >= 0.6 is 0 Å². The zero-order valence-electron chi connectivity index (χ0n) is 6.50. The Bertz CT molecular complexity index is 128. The zero-order chi connectivity index (χ0) is 7.72. The van der Waals surface area contributed by atoms with Gasteiger partial charge >= 0.3 is 0 Å². The van der Waals surface area contributed by atoms with E-state index in [2.05, 4.69) is 0 Å². The average Bonchev–Trinajstić information content (AvgIpc) is 1.82. The summed E-state index contributed by atoms with van der Waals surface area (Å²) in [6.45, 7) is 3.86. The maximum Gasteiger partial charge on any atom is 0.133 e. The number of hydrogen-bond acceptors (Lipinski definition) is 2. The first-order valence-electron chi connectivity index (χ1n) is 3.81. The third-order valence-corrected chi connectivity index (χ3v) is 2.27. The van der Waals surface area contributed by atoms with Gasteiger partial charge in [0.15, 0.2) is 0 Å². The normalized spacial score (nSPS) is 41.9. The molecular formula is C8H14O2. The summed E-state index contributed by atoms with van der Waals surface area (Å²) in [7, 11) is 0. The van der Waals surface area contributed by atoms with Gasteiger partial charge < -0.3 is 5.11 Å². The van der Waals surface area contributed by atoms with Crippen LogP contribution in [0.1, 0.15) is 26.7 Å². The van der Waals surface area contributed by atoms with Crippen molar-refractivity contribution in [3.63, 3.8) is 0 Å². The second-order valence-electron chi connectivity index (χ2n) is 3.39. The molecule has 10 heavy (non-hydrogen) atoms. The number of carbonyl (C=O) groups is 1. The van der Waals surface area contributed by atoms with Crippen LogP contribution in [0.25, 0.3) is 0 Å². The number of Topliss-reactive ketones (excluding diaryl/α,β-unsaturated/α-hetero) is 1. The molecule has 0 aliphatic heterocycles. The first kappa shape index (κ1) is 7.73. The summed E-state index contributed by atoms with van der Waals surface area (Å²) < 4.78 is 0. The van der Waals surface area contributed by atoms with Crippen molar-refractivity contribution < 1.29 is 9.90 Å². The fourth-order valence-corrected chi connectivity index (χ4v) is 1.60. The zero-order valence-corrected chi connectivity index (χ0v) is 6.50. The lowest BCUT2D eigenvalue weighted by Crippen LogP contribution is -2.34. The van der Waals surface area contributed by atoms with E-state index >= 15 is 0 Å². The number of aliphatic hydroxyl groups excluding tert-OH is 1. The minimum absolute atomic E-state index is 0.163. The van der Waals surface area contributed by atoms with Crippen molar-refractivity contribution in [3.05, 3.63) is 0 Å². The smallest absolute Gasteiger partial charge is 0.133 e. The van der Waals surface area contributed by atoms with Gasteiger partial charge in [-0.15, -0.1) is 0 Å². The second kappa shape index (κ2) is 2.70. The number of hydrogen-bond donors (Lipinski definition) is 1. The van der Waals surface area contributed by atoms with Gasteiger partial charge in [-0.05, 0) is 11.8 Å². The molecule has 2 heteroatoms. The van der Waals surface area contributed by atoms with Gasteiger partial charge in [0.2, 0.25) is 0 Å². The minimum Gasteiger partial charge on any atom is -0.393 e. The molecule has 0 spiro atoms. The lowest BCUT2D eigenvalue weighted by Gasteiger charge is -2.29. The Hall–Kier alpha value is -0.370. The topological polar surface area (TPSA) is 37.3 Å². The molecule has 0 heterocycles. The molecule has 0 aromatic heterocycles. The molecule has 3 atom stereocenters. The summed E-state index contributed by atoms with van der Waals surface area (Å²) >= 11 is 0. The highest BCUT2D eigenvalue weighted by atomic mass is 16.3. The van der Waals surface area contributed by atoms with Crippen molar-refractivity contribution in [1.82, 2.24) is 0 Å². The van der Waals surface area contributed by atoms with E-state index in [-0.39, 0.29) is 17.9 Å². The predicted molar refractivity (Wildman–Crippen MR) is 38.6 cm³/mol. The third-order valence-electron chi connectivity index (χ3n) is 2.27. The maximum absolute atomic E-state index is 10.9. The Labute approximate surface area is 61.2 Å². The highest BCUT2D eigenvalue weighted by Gasteiger charge is 2.29. The molecule has 2 nitrogen and oxygen atoms in total. The molecule has 1 fully saturated rings. The average molecular weight is 142 g/mol. The van der Waals surface area contributed by atoms with E-state index in [1.807, 2.05) is 13.8 Å². The van der Waals surface area contributed by atoms with Crippen LogP contribution in [0.5, 0.6) is 0 Å². The van der Waals surface area contributed by atoms with Crippen LogP contribution in [0.4, 0.5) is 0 Å². The van der Waals surface area contributed by atoms with Crippen LogP contribution in [-0.4, -0.2) is 17.0 Å². The number of aliphatic hydroxyl groups is 1. The fraction of sp³-hybridized carbons (Fsp3) is 0.875. The molecule has 0 saturated heterocycles. The molecule has 1 aliphatic rings. The standard InChI is InChI=1S/C8H14O2/c1-5-3-7(9)4-6(2)8(5)10/h5-6,8,10H,3-4H2,1-2H3/t5-,6+,8?.